The van der Waals surface area contributed by atoms with Crippen molar-refractivity contribution >= 4 is 37.8 Å². The summed E-state index contributed by atoms with van der Waals surface area (Å²) in [6.45, 7) is 0. The molecule has 0 bridgehead atoms. The molecule has 1 atom stereocenters. The average molecular weight is 344 g/mol. The van der Waals surface area contributed by atoms with E-state index < -0.39 is 9.84 Å². The maximum Gasteiger partial charge on any atom is 0.244 e. The van der Waals surface area contributed by atoms with Gasteiger partial charge in [-0.3, -0.25) is 4.79 Å². The van der Waals surface area contributed by atoms with Crippen LogP contribution < -0.4 is 5.32 Å². The van der Waals surface area contributed by atoms with Gasteiger partial charge < -0.3 is 5.32 Å². The largest absolute Gasteiger partial charge is 0.349 e. The van der Waals surface area contributed by atoms with Crippen LogP contribution in [0.3, 0.4) is 0 Å². The zero-order valence-corrected chi connectivity index (χ0v) is 12.6. The molecule has 0 spiro atoms. The molecule has 1 aromatic rings. The van der Waals surface area contributed by atoms with Gasteiger partial charge in [0.05, 0.1) is 11.5 Å². The Morgan fingerprint density at radius 3 is 2.58 bits per heavy atom. The molecule has 2 rings (SSSR count). The Morgan fingerprint density at radius 2 is 2.00 bits per heavy atom. The van der Waals surface area contributed by atoms with E-state index in [2.05, 4.69) is 21.2 Å². The minimum Gasteiger partial charge on any atom is -0.349 e. The summed E-state index contributed by atoms with van der Waals surface area (Å²) >= 11 is 3.33. The molecule has 0 aliphatic carbocycles. The summed E-state index contributed by atoms with van der Waals surface area (Å²) in [6.07, 6.45) is 3.62. The first-order valence-corrected chi connectivity index (χ1v) is 8.51. The van der Waals surface area contributed by atoms with Gasteiger partial charge in [0.1, 0.15) is 0 Å². The summed E-state index contributed by atoms with van der Waals surface area (Å²) in [5.41, 5.74) is 0.914. The summed E-state index contributed by atoms with van der Waals surface area (Å²) in [7, 11) is -2.96. The highest BCUT2D eigenvalue weighted by atomic mass is 79.9. The van der Waals surface area contributed by atoms with Crippen molar-refractivity contribution in [2.24, 2.45) is 0 Å². The molecule has 1 aliphatic rings. The Hall–Kier alpha value is -1.14. The number of amides is 1. The van der Waals surface area contributed by atoms with Crippen molar-refractivity contribution in [2.45, 2.75) is 12.5 Å². The lowest BCUT2D eigenvalue weighted by Gasteiger charge is -2.07. The molecule has 102 valence electrons. The summed E-state index contributed by atoms with van der Waals surface area (Å²) in [5.74, 6) is -0.0517. The van der Waals surface area contributed by atoms with Crippen molar-refractivity contribution in [3.8, 4) is 0 Å². The Labute approximate surface area is 120 Å². The summed E-state index contributed by atoms with van der Waals surface area (Å²) < 4.78 is 23.5. The third-order valence-corrected chi connectivity index (χ3v) is 5.17. The van der Waals surface area contributed by atoms with Crippen LogP contribution in [0.1, 0.15) is 12.0 Å². The van der Waals surface area contributed by atoms with Gasteiger partial charge in [0, 0.05) is 16.6 Å². The standard InChI is InChI=1S/C13H14BrNO3S/c14-11-4-1-10(2-5-11)3-6-13(16)15-12-7-8-19(17,18)9-12/h1-6,12H,7-9H2,(H,15,16). The minimum atomic E-state index is -2.96. The van der Waals surface area contributed by atoms with Crippen molar-refractivity contribution in [3.05, 3.63) is 40.4 Å². The minimum absolute atomic E-state index is 0.0465. The fourth-order valence-corrected chi connectivity index (χ4v) is 3.84. The third-order valence-electron chi connectivity index (χ3n) is 2.88. The molecule has 0 aromatic heterocycles. The van der Waals surface area contributed by atoms with Gasteiger partial charge in [-0.25, -0.2) is 8.42 Å². The van der Waals surface area contributed by atoms with E-state index in [1.807, 2.05) is 24.3 Å². The lowest BCUT2D eigenvalue weighted by Crippen LogP contribution is -2.34. The molecule has 1 amide bonds. The molecule has 1 fully saturated rings. The molecule has 0 saturated carbocycles. The van der Waals surface area contributed by atoms with Crippen LogP contribution in [0.25, 0.3) is 6.08 Å². The van der Waals surface area contributed by atoms with E-state index in [9.17, 15) is 13.2 Å². The SMILES string of the molecule is O=C(C=Cc1ccc(Br)cc1)NC1CCS(=O)(=O)C1. The second-order valence-corrected chi connectivity index (χ2v) is 7.64. The molecule has 1 saturated heterocycles. The maximum atomic E-state index is 11.6. The molecule has 1 aliphatic heterocycles. The summed E-state index contributed by atoms with van der Waals surface area (Å²) in [4.78, 5) is 11.6. The van der Waals surface area contributed by atoms with Crippen LogP contribution in [0.15, 0.2) is 34.8 Å². The van der Waals surface area contributed by atoms with Crippen LogP contribution in [0.4, 0.5) is 0 Å². The number of hydrogen-bond acceptors (Lipinski definition) is 3. The average Bonchev–Trinajstić information content (AvgIpc) is 2.68. The van der Waals surface area contributed by atoms with E-state index >= 15 is 0 Å². The fraction of sp³-hybridized carbons (Fsp3) is 0.308. The van der Waals surface area contributed by atoms with Crippen molar-refractivity contribution in [3.63, 3.8) is 0 Å². The van der Waals surface area contributed by atoms with Gasteiger partial charge >= 0.3 is 0 Å². The van der Waals surface area contributed by atoms with Gasteiger partial charge in [-0.2, -0.15) is 0 Å². The Bertz CT molecular complexity index is 593. The highest BCUT2D eigenvalue weighted by Gasteiger charge is 2.28. The van der Waals surface area contributed by atoms with E-state index in [1.54, 1.807) is 6.08 Å². The molecule has 1 aromatic carbocycles. The Kier molecular flexibility index (Phi) is 4.42. The van der Waals surface area contributed by atoms with Crippen LogP contribution in [0.2, 0.25) is 0 Å². The number of halogens is 1. The van der Waals surface area contributed by atoms with Crippen LogP contribution in [0, 0.1) is 0 Å². The number of benzene rings is 1. The predicted molar refractivity (Wildman–Crippen MR) is 78.4 cm³/mol. The molecule has 4 nitrogen and oxygen atoms in total. The first kappa shape index (κ1) is 14.3. The number of nitrogens with one attached hydrogen (secondary N) is 1. The number of carbonyl (C=O) groups excluding carboxylic acids is 1. The number of hydrogen-bond donors (Lipinski definition) is 1. The second-order valence-electron chi connectivity index (χ2n) is 4.49. The summed E-state index contributed by atoms with van der Waals surface area (Å²) in [5, 5.41) is 2.70. The van der Waals surface area contributed by atoms with Gasteiger partial charge in [-0.05, 0) is 30.2 Å². The van der Waals surface area contributed by atoms with Crippen LogP contribution in [-0.2, 0) is 14.6 Å². The van der Waals surface area contributed by atoms with E-state index in [-0.39, 0.29) is 23.5 Å². The van der Waals surface area contributed by atoms with Gasteiger partial charge in [-0.15, -0.1) is 0 Å². The molecule has 0 radical (unpaired) electrons. The normalized spacial score (nSPS) is 21.6. The first-order valence-electron chi connectivity index (χ1n) is 5.89. The van der Waals surface area contributed by atoms with Crippen molar-refractivity contribution in [1.29, 1.82) is 0 Å². The lowest BCUT2D eigenvalue weighted by molar-refractivity contribution is -0.116. The van der Waals surface area contributed by atoms with Gasteiger partial charge in [0.25, 0.3) is 0 Å². The molecule has 1 N–H and O–H groups in total. The van der Waals surface area contributed by atoms with Gasteiger partial charge in [0.2, 0.25) is 5.91 Å². The van der Waals surface area contributed by atoms with Crippen LogP contribution in [-0.4, -0.2) is 31.9 Å². The Morgan fingerprint density at radius 1 is 1.32 bits per heavy atom. The van der Waals surface area contributed by atoms with Gasteiger partial charge in [0.15, 0.2) is 9.84 Å². The zero-order chi connectivity index (χ0) is 13.9. The predicted octanol–water partition coefficient (Wildman–Crippen LogP) is 1.77. The zero-order valence-electron chi connectivity index (χ0n) is 10.2. The molecular formula is C13H14BrNO3S. The highest BCUT2D eigenvalue weighted by molar-refractivity contribution is 9.10. The van der Waals surface area contributed by atoms with Gasteiger partial charge in [-0.1, -0.05) is 28.1 Å². The van der Waals surface area contributed by atoms with Crippen molar-refractivity contribution < 1.29 is 13.2 Å². The monoisotopic (exact) mass is 343 g/mol. The number of sulfone groups is 1. The highest BCUT2D eigenvalue weighted by Crippen LogP contribution is 2.12. The Balaban J connectivity index is 1.89. The molecule has 1 unspecified atom stereocenters. The molecular weight excluding hydrogens is 330 g/mol. The van der Waals surface area contributed by atoms with Crippen LogP contribution in [0.5, 0.6) is 0 Å². The lowest BCUT2D eigenvalue weighted by atomic mass is 10.2. The quantitative estimate of drug-likeness (QED) is 0.850. The topological polar surface area (TPSA) is 63.2 Å². The number of rotatable bonds is 3. The van der Waals surface area contributed by atoms with Crippen molar-refractivity contribution in [1.82, 2.24) is 5.32 Å². The maximum absolute atomic E-state index is 11.6. The van der Waals surface area contributed by atoms with E-state index in [0.717, 1.165) is 10.0 Å². The molecule has 6 heteroatoms. The van der Waals surface area contributed by atoms with Crippen LogP contribution >= 0.6 is 15.9 Å². The smallest absolute Gasteiger partial charge is 0.244 e. The summed E-state index contributed by atoms with van der Waals surface area (Å²) in [6, 6.07) is 7.29. The van der Waals surface area contributed by atoms with E-state index in [4.69, 9.17) is 0 Å². The van der Waals surface area contributed by atoms with Crippen molar-refractivity contribution in [2.75, 3.05) is 11.5 Å². The van der Waals surface area contributed by atoms with E-state index in [1.165, 1.54) is 6.08 Å². The second kappa shape index (κ2) is 5.88. The number of carbonyl (C=O) groups is 1. The molecule has 1 heterocycles. The third kappa shape index (κ3) is 4.47. The first-order chi connectivity index (χ1) is 8.94. The fourth-order valence-electron chi connectivity index (χ4n) is 1.90. The van der Waals surface area contributed by atoms with E-state index in [0.29, 0.717) is 6.42 Å². The molecule has 19 heavy (non-hydrogen) atoms.